The molecule has 1 amide bonds. The number of rotatable bonds is 3. The number of hydrogen-bond acceptors (Lipinski definition) is 6. The maximum Gasteiger partial charge on any atom is 0.410 e. The minimum atomic E-state index is -0.498. The minimum Gasteiger partial charge on any atom is -0.465 e. The Kier molecular flexibility index (Phi) is 5.22. The van der Waals surface area contributed by atoms with Gasteiger partial charge >= 0.3 is 12.1 Å². The van der Waals surface area contributed by atoms with Crippen molar-refractivity contribution in [1.82, 2.24) is 4.90 Å². The van der Waals surface area contributed by atoms with Crippen LogP contribution in [0.15, 0.2) is 18.2 Å². The number of hydrogen-bond donors (Lipinski definition) is 1. The van der Waals surface area contributed by atoms with Crippen LogP contribution in [0.25, 0.3) is 0 Å². The van der Waals surface area contributed by atoms with Gasteiger partial charge in [0, 0.05) is 20.1 Å². The highest BCUT2D eigenvalue weighted by atomic mass is 16.6. The van der Waals surface area contributed by atoms with Gasteiger partial charge in [0.1, 0.15) is 5.60 Å². The fourth-order valence-electron chi connectivity index (χ4n) is 4.06. The Morgan fingerprint density at radius 2 is 1.78 bits per heavy atom. The number of amides is 1. The van der Waals surface area contributed by atoms with Gasteiger partial charge in [-0.1, -0.05) is 6.07 Å². The number of benzene rings is 1. The van der Waals surface area contributed by atoms with Crippen LogP contribution in [0.3, 0.4) is 0 Å². The predicted octanol–water partition coefficient (Wildman–Crippen LogP) is 3.10. The Morgan fingerprint density at radius 1 is 1.15 bits per heavy atom. The molecular formula is C20H29N3O4. The molecule has 7 heteroatoms. The van der Waals surface area contributed by atoms with Crippen LogP contribution < -0.4 is 10.2 Å². The number of anilines is 2. The molecule has 7 nitrogen and oxygen atoms in total. The highest BCUT2D eigenvalue weighted by Crippen LogP contribution is 2.37. The molecule has 0 aliphatic carbocycles. The summed E-state index contributed by atoms with van der Waals surface area (Å²) in [5, 5.41) is 3.14. The van der Waals surface area contributed by atoms with E-state index in [0.29, 0.717) is 5.56 Å². The normalized spacial score (nSPS) is 21.8. The van der Waals surface area contributed by atoms with Gasteiger partial charge in [-0.3, -0.25) is 4.90 Å². The van der Waals surface area contributed by atoms with E-state index in [1.807, 2.05) is 37.8 Å². The summed E-state index contributed by atoms with van der Waals surface area (Å²) in [5.41, 5.74) is 1.73. The van der Waals surface area contributed by atoms with Crippen LogP contribution in [0.1, 0.15) is 44.0 Å². The summed E-state index contributed by atoms with van der Waals surface area (Å²) in [6.45, 7) is 7.10. The van der Waals surface area contributed by atoms with Crippen LogP contribution >= 0.6 is 0 Å². The number of piperazine rings is 1. The van der Waals surface area contributed by atoms with Crippen LogP contribution in [-0.4, -0.2) is 61.9 Å². The average molecular weight is 375 g/mol. The molecule has 2 aliphatic heterocycles. The molecule has 1 aromatic rings. The van der Waals surface area contributed by atoms with Gasteiger partial charge in [-0.2, -0.15) is 0 Å². The van der Waals surface area contributed by atoms with E-state index in [1.54, 1.807) is 13.1 Å². The molecule has 0 radical (unpaired) electrons. The second-order valence-corrected chi connectivity index (χ2v) is 8.12. The van der Waals surface area contributed by atoms with Crippen molar-refractivity contribution in [3.05, 3.63) is 23.8 Å². The number of fused-ring (bicyclic) bond motifs is 2. The summed E-state index contributed by atoms with van der Waals surface area (Å²) in [6.07, 6.45) is 1.70. The third-order valence-corrected chi connectivity index (χ3v) is 5.12. The summed E-state index contributed by atoms with van der Waals surface area (Å²) >= 11 is 0. The molecule has 0 aromatic heterocycles. The molecule has 27 heavy (non-hydrogen) atoms. The molecule has 2 aliphatic rings. The first-order chi connectivity index (χ1) is 12.7. The maximum absolute atomic E-state index is 12.6. The summed E-state index contributed by atoms with van der Waals surface area (Å²) in [7, 11) is 3.19. The minimum absolute atomic E-state index is 0.116. The third-order valence-electron chi connectivity index (χ3n) is 5.12. The lowest BCUT2D eigenvalue weighted by Gasteiger charge is -2.42. The standard InChI is InChI=1S/C20H29N3O4/c1-20(2,3)27-19(25)23-13-9-10-14(23)12-22(11-13)16-8-6-7-15(17(16)21-4)18(24)26-5/h6-8,13-14,21H,9-12H2,1-5H3. The van der Waals surface area contributed by atoms with Crippen molar-refractivity contribution >= 4 is 23.4 Å². The Bertz CT molecular complexity index is 714. The topological polar surface area (TPSA) is 71.1 Å². The van der Waals surface area contributed by atoms with E-state index in [0.717, 1.165) is 37.3 Å². The summed E-state index contributed by atoms with van der Waals surface area (Å²) in [6, 6.07) is 5.85. The fraction of sp³-hybridized carbons (Fsp3) is 0.600. The third kappa shape index (κ3) is 3.82. The Balaban J connectivity index is 1.83. The van der Waals surface area contributed by atoms with Gasteiger partial charge in [-0.15, -0.1) is 0 Å². The lowest BCUT2D eigenvalue weighted by Crippen LogP contribution is -2.56. The highest BCUT2D eigenvalue weighted by Gasteiger charge is 2.44. The van der Waals surface area contributed by atoms with Crippen molar-refractivity contribution in [2.24, 2.45) is 0 Å². The molecular weight excluding hydrogens is 346 g/mol. The number of carbonyl (C=O) groups excluding carboxylic acids is 2. The van der Waals surface area contributed by atoms with Crippen molar-refractivity contribution < 1.29 is 19.1 Å². The largest absolute Gasteiger partial charge is 0.465 e. The Morgan fingerprint density at radius 3 is 2.30 bits per heavy atom. The number of methoxy groups -OCH3 is 1. The zero-order valence-corrected chi connectivity index (χ0v) is 16.7. The monoisotopic (exact) mass is 375 g/mol. The number of ether oxygens (including phenoxy) is 2. The molecule has 0 saturated carbocycles. The maximum atomic E-state index is 12.6. The molecule has 1 N–H and O–H groups in total. The first kappa shape index (κ1) is 19.3. The summed E-state index contributed by atoms with van der Waals surface area (Å²) in [5.74, 6) is -0.364. The second-order valence-electron chi connectivity index (χ2n) is 8.12. The molecule has 2 heterocycles. The van der Waals surface area contributed by atoms with Crippen molar-refractivity contribution in [2.75, 3.05) is 37.5 Å². The van der Waals surface area contributed by atoms with Gasteiger partial charge in [0.2, 0.25) is 0 Å². The number of nitrogens with one attached hydrogen (secondary N) is 1. The van der Waals surface area contributed by atoms with Gasteiger partial charge in [0.15, 0.2) is 0 Å². The van der Waals surface area contributed by atoms with Crippen LogP contribution in [0, 0.1) is 0 Å². The smallest absolute Gasteiger partial charge is 0.410 e. The van der Waals surface area contributed by atoms with E-state index in [1.165, 1.54) is 7.11 Å². The summed E-state index contributed by atoms with van der Waals surface area (Å²) in [4.78, 5) is 28.9. The number of carbonyl (C=O) groups is 2. The van der Waals surface area contributed by atoms with Crippen molar-refractivity contribution in [3.63, 3.8) is 0 Å². The lowest BCUT2D eigenvalue weighted by atomic mass is 10.1. The van der Waals surface area contributed by atoms with Crippen molar-refractivity contribution in [3.8, 4) is 0 Å². The van der Waals surface area contributed by atoms with Crippen LogP contribution in [-0.2, 0) is 9.47 Å². The molecule has 2 atom stereocenters. The van der Waals surface area contributed by atoms with E-state index >= 15 is 0 Å². The number of nitrogens with zero attached hydrogens (tertiary/aromatic N) is 2. The molecule has 3 rings (SSSR count). The van der Waals surface area contributed by atoms with Crippen molar-refractivity contribution in [2.45, 2.75) is 51.3 Å². The number of esters is 1. The van der Waals surface area contributed by atoms with E-state index in [2.05, 4.69) is 10.2 Å². The quantitative estimate of drug-likeness (QED) is 0.819. The second kappa shape index (κ2) is 7.29. The molecule has 148 valence electrons. The highest BCUT2D eigenvalue weighted by molar-refractivity contribution is 5.99. The van der Waals surface area contributed by atoms with Gasteiger partial charge in [0.05, 0.1) is 36.1 Å². The molecule has 0 spiro atoms. The molecule has 2 fully saturated rings. The fourth-order valence-corrected chi connectivity index (χ4v) is 4.06. The average Bonchev–Trinajstić information content (AvgIpc) is 2.89. The van der Waals surface area contributed by atoms with Crippen LogP contribution in [0.2, 0.25) is 0 Å². The molecule has 1 aromatic carbocycles. The Labute approximate surface area is 160 Å². The van der Waals surface area contributed by atoms with Gasteiger partial charge in [-0.05, 0) is 45.7 Å². The van der Waals surface area contributed by atoms with E-state index in [4.69, 9.17) is 9.47 Å². The van der Waals surface area contributed by atoms with E-state index in [9.17, 15) is 9.59 Å². The molecule has 2 bridgehead atoms. The first-order valence-corrected chi connectivity index (χ1v) is 9.40. The Hall–Kier alpha value is -2.44. The molecule has 2 saturated heterocycles. The van der Waals surface area contributed by atoms with Gasteiger partial charge in [0.25, 0.3) is 0 Å². The predicted molar refractivity (Wildman–Crippen MR) is 104 cm³/mol. The zero-order chi connectivity index (χ0) is 19.8. The first-order valence-electron chi connectivity index (χ1n) is 9.40. The van der Waals surface area contributed by atoms with Crippen LogP contribution in [0.5, 0.6) is 0 Å². The van der Waals surface area contributed by atoms with Crippen molar-refractivity contribution in [1.29, 1.82) is 0 Å². The number of para-hydroxylation sites is 1. The zero-order valence-electron chi connectivity index (χ0n) is 16.7. The van der Waals surface area contributed by atoms with Gasteiger partial charge in [-0.25, -0.2) is 9.59 Å². The lowest BCUT2D eigenvalue weighted by molar-refractivity contribution is 0.0123. The van der Waals surface area contributed by atoms with Gasteiger partial charge < -0.3 is 19.7 Å². The molecule has 2 unspecified atom stereocenters. The van der Waals surface area contributed by atoms with Crippen LogP contribution in [0.4, 0.5) is 16.2 Å². The van der Waals surface area contributed by atoms with E-state index < -0.39 is 5.60 Å². The summed E-state index contributed by atoms with van der Waals surface area (Å²) < 4.78 is 10.5. The SMILES string of the molecule is CNc1c(C(=O)OC)cccc1N1CC2CCC(C1)N2C(=O)OC(C)(C)C. The van der Waals surface area contributed by atoms with E-state index in [-0.39, 0.29) is 24.1 Å².